The zero-order valence-corrected chi connectivity index (χ0v) is 8.56. The summed E-state index contributed by atoms with van der Waals surface area (Å²) >= 11 is 0. The molecule has 1 fully saturated rings. The van der Waals surface area contributed by atoms with Crippen molar-refractivity contribution in [3.8, 4) is 0 Å². The van der Waals surface area contributed by atoms with E-state index >= 15 is 0 Å². The molecule has 1 saturated carbocycles. The third-order valence-electron chi connectivity index (χ3n) is 3.03. The van der Waals surface area contributed by atoms with Crippen LogP contribution < -0.4 is 4.90 Å². The largest absolute Gasteiger partial charge is 0.391 e. The van der Waals surface area contributed by atoms with Gasteiger partial charge in [0, 0.05) is 12.2 Å². The molecular formula is C12H17NO. The highest BCUT2D eigenvalue weighted by Gasteiger charge is 2.33. The molecule has 76 valence electrons. The maximum Gasteiger partial charge on any atom is 0.0744 e. The third kappa shape index (κ3) is 1.62. The second-order valence-corrected chi connectivity index (χ2v) is 3.83. The summed E-state index contributed by atoms with van der Waals surface area (Å²) in [6.45, 7) is 3.10. The van der Waals surface area contributed by atoms with Crippen LogP contribution in [0.25, 0.3) is 0 Å². The Morgan fingerprint density at radius 2 is 2.00 bits per heavy atom. The predicted molar refractivity (Wildman–Crippen MR) is 58.5 cm³/mol. The Labute approximate surface area is 85.2 Å². The molecule has 0 spiro atoms. The third-order valence-corrected chi connectivity index (χ3v) is 3.03. The Bertz CT molecular complexity index is 286. The molecule has 0 saturated heterocycles. The molecule has 0 heterocycles. The Kier molecular flexibility index (Phi) is 2.73. The second-order valence-electron chi connectivity index (χ2n) is 3.83. The van der Waals surface area contributed by atoms with Crippen LogP contribution in [0.5, 0.6) is 0 Å². The smallest absolute Gasteiger partial charge is 0.0744 e. The normalized spacial score (nSPS) is 25.6. The Morgan fingerprint density at radius 1 is 1.29 bits per heavy atom. The Morgan fingerprint density at radius 3 is 2.43 bits per heavy atom. The summed E-state index contributed by atoms with van der Waals surface area (Å²) in [6, 6.07) is 10.7. The lowest BCUT2D eigenvalue weighted by Gasteiger charge is -2.42. The summed E-state index contributed by atoms with van der Waals surface area (Å²) in [6.07, 6.45) is 1.94. The SMILES string of the molecule is CCN(c1ccccc1)[C@@H]1CC[C@H]1O. The molecule has 1 aromatic carbocycles. The average molecular weight is 191 g/mol. The minimum atomic E-state index is -0.129. The molecule has 2 nitrogen and oxygen atoms in total. The van der Waals surface area contributed by atoms with E-state index in [1.807, 2.05) is 18.2 Å². The fourth-order valence-corrected chi connectivity index (χ4v) is 2.06. The van der Waals surface area contributed by atoms with Crippen molar-refractivity contribution < 1.29 is 5.11 Å². The maximum atomic E-state index is 9.63. The van der Waals surface area contributed by atoms with Crippen LogP contribution in [-0.4, -0.2) is 23.8 Å². The first kappa shape index (κ1) is 9.53. The van der Waals surface area contributed by atoms with Gasteiger partial charge in [-0.3, -0.25) is 0 Å². The van der Waals surface area contributed by atoms with E-state index < -0.39 is 0 Å². The highest BCUT2D eigenvalue weighted by molar-refractivity contribution is 5.47. The minimum Gasteiger partial charge on any atom is -0.391 e. The van der Waals surface area contributed by atoms with Gasteiger partial charge in [-0.15, -0.1) is 0 Å². The summed E-state index contributed by atoms with van der Waals surface area (Å²) in [7, 11) is 0. The first-order valence-electron chi connectivity index (χ1n) is 5.32. The molecule has 2 heteroatoms. The molecule has 0 unspecified atom stereocenters. The standard InChI is InChI=1S/C12H17NO/c1-2-13(11-8-9-12(11)14)10-6-4-3-5-7-10/h3-7,11-12,14H,2,8-9H2,1H3/t11-,12-/m1/s1. The van der Waals surface area contributed by atoms with Crippen LogP contribution >= 0.6 is 0 Å². The molecule has 1 aliphatic rings. The van der Waals surface area contributed by atoms with Crippen LogP contribution in [-0.2, 0) is 0 Å². The highest BCUT2D eigenvalue weighted by atomic mass is 16.3. The van der Waals surface area contributed by atoms with Crippen molar-refractivity contribution in [2.24, 2.45) is 0 Å². The second kappa shape index (κ2) is 4.01. The van der Waals surface area contributed by atoms with Gasteiger partial charge >= 0.3 is 0 Å². The molecule has 0 aliphatic heterocycles. The number of aliphatic hydroxyl groups excluding tert-OH is 1. The summed E-state index contributed by atoms with van der Waals surface area (Å²) in [5.74, 6) is 0. The molecule has 1 aliphatic carbocycles. The highest BCUT2D eigenvalue weighted by Crippen LogP contribution is 2.29. The van der Waals surface area contributed by atoms with Gasteiger partial charge in [0.05, 0.1) is 12.1 Å². The van der Waals surface area contributed by atoms with Gasteiger partial charge in [0.25, 0.3) is 0 Å². The van der Waals surface area contributed by atoms with E-state index in [-0.39, 0.29) is 6.10 Å². The van der Waals surface area contributed by atoms with E-state index in [0.29, 0.717) is 6.04 Å². The number of benzene rings is 1. The van der Waals surface area contributed by atoms with Crippen molar-refractivity contribution >= 4 is 5.69 Å². The molecule has 1 aromatic rings. The number of para-hydroxylation sites is 1. The van der Waals surface area contributed by atoms with E-state index in [9.17, 15) is 5.11 Å². The van der Waals surface area contributed by atoms with Gasteiger partial charge in [0.15, 0.2) is 0 Å². The van der Waals surface area contributed by atoms with Gasteiger partial charge in [0.2, 0.25) is 0 Å². The van der Waals surface area contributed by atoms with Crippen molar-refractivity contribution in [2.75, 3.05) is 11.4 Å². The van der Waals surface area contributed by atoms with Crippen LogP contribution in [0.4, 0.5) is 5.69 Å². The van der Waals surface area contributed by atoms with Crippen molar-refractivity contribution in [3.63, 3.8) is 0 Å². The summed E-state index contributed by atoms with van der Waals surface area (Å²) in [4.78, 5) is 2.29. The van der Waals surface area contributed by atoms with E-state index in [1.54, 1.807) is 0 Å². The summed E-state index contributed by atoms with van der Waals surface area (Å²) in [5.41, 5.74) is 1.22. The minimum absolute atomic E-state index is 0.129. The lowest BCUT2D eigenvalue weighted by molar-refractivity contribution is 0.0649. The molecule has 0 aromatic heterocycles. The van der Waals surface area contributed by atoms with Crippen LogP contribution in [0.15, 0.2) is 30.3 Å². The van der Waals surface area contributed by atoms with E-state index in [2.05, 4.69) is 24.0 Å². The first-order valence-corrected chi connectivity index (χ1v) is 5.32. The van der Waals surface area contributed by atoms with Crippen molar-refractivity contribution in [1.82, 2.24) is 0 Å². The van der Waals surface area contributed by atoms with Crippen LogP contribution in [0.1, 0.15) is 19.8 Å². The van der Waals surface area contributed by atoms with E-state index in [0.717, 1.165) is 19.4 Å². The number of hydrogen-bond acceptors (Lipinski definition) is 2. The Balaban J connectivity index is 2.13. The van der Waals surface area contributed by atoms with Crippen LogP contribution in [0, 0.1) is 0 Å². The summed E-state index contributed by atoms with van der Waals surface area (Å²) < 4.78 is 0. The molecular weight excluding hydrogens is 174 g/mol. The van der Waals surface area contributed by atoms with Gasteiger partial charge in [-0.1, -0.05) is 18.2 Å². The molecule has 0 amide bonds. The van der Waals surface area contributed by atoms with Gasteiger partial charge in [-0.05, 0) is 31.9 Å². The van der Waals surface area contributed by atoms with Gasteiger partial charge < -0.3 is 10.0 Å². The molecule has 2 atom stereocenters. The zero-order valence-electron chi connectivity index (χ0n) is 8.56. The van der Waals surface area contributed by atoms with E-state index in [1.165, 1.54) is 5.69 Å². The topological polar surface area (TPSA) is 23.5 Å². The van der Waals surface area contributed by atoms with Crippen molar-refractivity contribution in [1.29, 1.82) is 0 Å². The molecule has 0 bridgehead atoms. The van der Waals surface area contributed by atoms with Gasteiger partial charge in [0.1, 0.15) is 0 Å². The first-order chi connectivity index (χ1) is 6.83. The molecule has 0 radical (unpaired) electrons. The van der Waals surface area contributed by atoms with Crippen molar-refractivity contribution in [3.05, 3.63) is 30.3 Å². The van der Waals surface area contributed by atoms with Crippen LogP contribution in [0.2, 0.25) is 0 Å². The lowest BCUT2D eigenvalue weighted by atomic mass is 9.87. The van der Waals surface area contributed by atoms with E-state index in [4.69, 9.17) is 0 Å². The number of rotatable bonds is 3. The number of likely N-dealkylation sites (N-methyl/N-ethyl adjacent to an activating group) is 1. The van der Waals surface area contributed by atoms with Gasteiger partial charge in [-0.25, -0.2) is 0 Å². The quantitative estimate of drug-likeness (QED) is 0.790. The Hall–Kier alpha value is -1.02. The summed E-state index contributed by atoms with van der Waals surface area (Å²) in [5, 5.41) is 9.63. The zero-order chi connectivity index (χ0) is 9.97. The number of nitrogens with zero attached hydrogens (tertiary/aromatic N) is 1. The fourth-order valence-electron chi connectivity index (χ4n) is 2.06. The van der Waals surface area contributed by atoms with Crippen molar-refractivity contribution in [2.45, 2.75) is 31.9 Å². The number of aliphatic hydroxyl groups is 1. The van der Waals surface area contributed by atoms with Gasteiger partial charge in [-0.2, -0.15) is 0 Å². The molecule has 1 N–H and O–H groups in total. The monoisotopic (exact) mass is 191 g/mol. The molecule has 14 heavy (non-hydrogen) atoms. The van der Waals surface area contributed by atoms with Crippen LogP contribution in [0.3, 0.4) is 0 Å². The number of anilines is 1. The number of hydrogen-bond donors (Lipinski definition) is 1. The average Bonchev–Trinajstić information content (AvgIpc) is 2.24. The lowest BCUT2D eigenvalue weighted by Crippen LogP contribution is -2.50. The fraction of sp³-hybridized carbons (Fsp3) is 0.500. The predicted octanol–water partition coefficient (Wildman–Crippen LogP) is 2.04. The maximum absolute atomic E-state index is 9.63. The molecule has 2 rings (SSSR count).